The van der Waals surface area contributed by atoms with Gasteiger partial charge in [-0.3, -0.25) is 13.9 Å². The Morgan fingerprint density at radius 1 is 1.03 bits per heavy atom. The summed E-state index contributed by atoms with van der Waals surface area (Å²) in [4.78, 5) is 27.6. The van der Waals surface area contributed by atoms with E-state index in [0.717, 1.165) is 32.8 Å². The molecule has 2 amide bonds. The average Bonchev–Trinajstić information content (AvgIpc) is 2.72. The molecule has 0 aliphatic heterocycles. The summed E-state index contributed by atoms with van der Waals surface area (Å²) in [7, 11) is -2.21. The molecular formula is C24H33N3O4S. The number of carbonyl (C=O) groups excluding carboxylic acids is 2. The fourth-order valence-electron chi connectivity index (χ4n) is 3.74. The van der Waals surface area contributed by atoms with E-state index in [9.17, 15) is 18.0 Å². The highest BCUT2D eigenvalue weighted by molar-refractivity contribution is 7.92. The van der Waals surface area contributed by atoms with Crippen LogP contribution in [-0.2, 0) is 26.2 Å². The lowest BCUT2D eigenvalue weighted by Crippen LogP contribution is -2.51. The van der Waals surface area contributed by atoms with Gasteiger partial charge in [0.15, 0.2) is 0 Å². The Hall–Kier alpha value is -2.87. The summed E-state index contributed by atoms with van der Waals surface area (Å²) >= 11 is 0. The third kappa shape index (κ3) is 6.09. The summed E-state index contributed by atoms with van der Waals surface area (Å²) in [5, 5.41) is 2.62. The molecule has 0 aliphatic carbocycles. The Kier molecular flexibility index (Phi) is 8.44. The van der Waals surface area contributed by atoms with E-state index in [0.29, 0.717) is 12.1 Å². The summed E-state index contributed by atoms with van der Waals surface area (Å²) < 4.78 is 26.4. The molecule has 2 aromatic carbocycles. The molecule has 8 heteroatoms. The third-order valence-electron chi connectivity index (χ3n) is 5.53. The van der Waals surface area contributed by atoms with Crippen molar-refractivity contribution in [1.29, 1.82) is 0 Å². The van der Waals surface area contributed by atoms with Crippen molar-refractivity contribution in [3.05, 3.63) is 64.7 Å². The highest BCUT2D eigenvalue weighted by atomic mass is 32.2. The maximum atomic E-state index is 13.5. The SMILES string of the molecule is CCC(C(=O)NC)N(Cc1ccccc1C)C(=O)CN(c1ccc(C)cc1C)S(C)(=O)=O. The lowest BCUT2D eigenvalue weighted by molar-refractivity contribution is -0.140. The van der Waals surface area contributed by atoms with Crippen LogP contribution in [0.2, 0.25) is 0 Å². The molecular weight excluding hydrogens is 426 g/mol. The van der Waals surface area contributed by atoms with Gasteiger partial charge in [-0.05, 0) is 49.9 Å². The Morgan fingerprint density at radius 2 is 1.69 bits per heavy atom. The van der Waals surface area contributed by atoms with Crippen molar-refractivity contribution < 1.29 is 18.0 Å². The summed E-state index contributed by atoms with van der Waals surface area (Å²) in [5.41, 5.74) is 4.10. The predicted octanol–water partition coefficient (Wildman–Crippen LogP) is 2.93. The van der Waals surface area contributed by atoms with Crippen LogP contribution in [0.4, 0.5) is 5.69 Å². The molecule has 2 rings (SSSR count). The maximum Gasteiger partial charge on any atom is 0.244 e. The Morgan fingerprint density at radius 3 is 2.22 bits per heavy atom. The van der Waals surface area contributed by atoms with E-state index in [1.165, 1.54) is 11.9 Å². The van der Waals surface area contributed by atoms with Gasteiger partial charge in [-0.25, -0.2) is 8.42 Å². The van der Waals surface area contributed by atoms with E-state index in [1.807, 2.05) is 64.1 Å². The molecule has 0 saturated heterocycles. The highest BCUT2D eigenvalue weighted by Gasteiger charge is 2.31. The van der Waals surface area contributed by atoms with Crippen molar-refractivity contribution >= 4 is 27.5 Å². The van der Waals surface area contributed by atoms with Crippen LogP contribution in [0.25, 0.3) is 0 Å². The topological polar surface area (TPSA) is 86.8 Å². The Balaban J connectivity index is 2.48. The fourth-order valence-corrected chi connectivity index (χ4v) is 4.64. The standard InChI is InChI=1S/C24H33N3O4S/c1-7-21(24(29)25-5)26(15-20-11-9-8-10-18(20)3)23(28)16-27(32(6,30)31)22-13-12-17(2)14-19(22)4/h8-14,21H,7,15-16H2,1-6H3,(H,25,29). The molecule has 1 atom stereocenters. The molecule has 0 aromatic heterocycles. The first-order chi connectivity index (χ1) is 15.0. The molecule has 0 spiro atoms. The van der Waals surface area contributed by atoms with Crippen LogP contribution < -0.4 is 9.62 Å². The molecule has 1 N–H and O–H groups in total. The van der Waals surface area contributed by atoms with Crippen LogP contribution in [0.15, 0.2) is 42.5 Å². The van der Waals surface area contributed by atoms with Crippen LogP contribution in [0.3, 0.4) is 0 Å². The molecule has 0 heterocycles. The molecule has 0 radical (unpaired) electrons. The van der Waals surface area contributed by atoms with E-state index in [1.54, 1.807) is 6.07 Å². The minimum absolute atomic E-state index is 0.210. The van der Waals surface area contributed by atoms with Crippen LogP contribution >= 0.6 is 0 Å². The van der Waals surface area contributed by atoms with Crippen LogP contribution in [0.5, 0.6) is 0 Å². The van der Waals surface area contributed by atoms with Gasteiger partial charge in [0.1, 0.15) is 12.6 Å². The van der Waals surface area contributed by atoms with Gasteiger partial charge in [0.2, 0.25) is 21.8 Å². The second-order valence-electron chi connectivity index (χ2n) is 8.05. The lowest BCUT2D eigenvalue weighted by Gasteiger charge is -2.33. The molecule has 1 unspecified atom stereocenters. The van der Waals surface area contributed by atoms with Crippen molar-refractivity contribution in [2.24, 2.45) is 0 Å². The number of anilines is 1. The number of rotatable bonds is 9. The Bertz CT molecular complexity index is 1080. The van der Waals surface area contributed by atoms with Crippen molar-refractivity contribution in [3.8, 4) is 0 Å². The minimum Gasteiger partial charge on any atom is -0.357 e. The lowest BCUT2D eigenvalue weighted by atomic mass is 10.1. The molecule has 32 heavy (non-hydrogen) atoms. The van der Waals surface area contributed by atoms with Crippen molar-refractivity contribution in [3.63, 3.8) is 0 Å². The van der Waals surface area contributed by atoms with Gasteiger partial charge >= 0.3 is 0 Å². The van der Waals surface area contributed by atoms with Crippen molar-refractivity contribution in [1.82, 2.24) is 10.2 Å². The molecule has 0 bridgehead atoms. The molecule has 7 nitrogen and oxygen atoms in total. The normalized spacial score (nSPS) is 12.2. The van der Waals surface area contributed by atoms with E-state index >= 15 is 0 Å². The number of carbonyl (C=O) groups is 2. The summed E-state index contributed by atoms with van der Waals surface area (Å²) in [6.45, 7) is 7.33. The zero-order valence-electron chi connectivity index (χ0n) is 19.7. The zero-order valence-corrected chi connectivity index (χ0v) is 20.5. The summed E-state index contributed by atoms with van der Waals surface area (Å²) in [5.74, 6) is -0.721. The van der Waals surface area contributed by atoms with Gasteiger partial charge in [0.25, 0.3) is 0 Å². The first kappa shape index (κ1) is 25.4. The quantitative estimate of drug-likeness (QED) is 0.625. The number of aryl methyl sites for hydroxylation is 3. The molecule has 0 aliphatic rings. The minimum atomic E-state index is -3.74. The van der Waals surface area contributed by atoms with Gasteiger partial charge in [-0.2, -0.15) is 0 Å². The second-order valence-corrected chi connectivity index (χ2v) is 9.95. The number of amides is 2. The molecule has 0 saturated carbocycles. The van der Waals surface area contributed by atoms with E-state index < -0.39 is 22.0 Å². The largest absolute Gasteiger partial charge is 0.357 e. The molecule has 2 aromatic rings. The number of hydrogen-bond acceptors (Lipinski definition) is 4. The molecule has 174 valence electrons. The predicted molar refractivity (Wildman–Crippen MR) is 128 cm³/mol. The van der Waals surface area contributed by atoms with Gasteiger partial charge < -0.3 is 10.2 Å². The second kappa shape index (κ2) is 10.6. The highest BCUT2D eigenvalue weighted by Crippen LogP contribution is 2.24. The number of hydrogen-bond donors (Lipinski definition) is 1. The number of benzene rings is 2. The van der Waals surface area contributed by atoms with Crippen molar-refractivity contribution in [2.45, 2.75) is 46.7 Å². The third-order valence-corrected chi connectivity index (χ3v) is 6.66. The zero-order chi connectivity index (χ0) is 24.1. The van der Waals surface area contributed by atoms with Gasteiger partial charge in [0, 0.05) is 13.6 Å². The van der Waals surface area contributed by atoms with Crippen LogP contribution in [-0.4, -0.2) is 51.0 Å². The number of nitrogens with one attached hydrogen (secondary N) is 1. The first-order valence-electron chi connectivity index (χ1n) is 10.6. The number of sulfonamides is 1. The Labute approximate surface area is 191 Å². The van der Waals surface area contributed by atoms with Crippen molar-refractivity contribution in [2.75, 3.05) is 24.2 Å². The van der Waals surface area contributed by atoms with E-state index in [4.69, 9.17) is 0 Å². The monoisotopic (exact) mass is 459 g/mol. The van der Waals surface area contributed by atoms with Gasteiger partial charge in [-0.1, -0.05) is 48.9 Å². The fraction of sp³-hybridized carbons (Fsp3) is 0.417. The van der Waals surface area contributed by atoms with Gasteiger partial charge in [-0.15, -0.1) is 0 Å². The van der Waals surface area contributed by atoms with E-state index in [2.05, 4.69) is 5.32 Å². The average molecular weight is 460 g/mol. The first-order valence-corrected chi connectivity index (χ1v) is 12.4. The van der Waals surface area contributed by atoms with E-state index in [-0.39, 0.29) is 19.0 Å². The van der Waals surface area contributed by atoms with Crippen LogP contribution in [0, 0.1) is 20.8 Å². The summed E-state index contributed by atoms with van der Waals surface area (Å²) in [6, 6.07) is 12.3. The number of nitrogens with zero attached hydrogens (tertiary/aromatic N) is 2. The van der Waals surface area contributed by atoms with Crippen LogP contribution in [0.1, 0.15) is 35.6 Å². The maximum absolute atomic E-state index is 13.5. The smallest absolute Gasteiger partial charge is 0.244 e. The molecule has 0 fully saturated rings. The van der Waals surface area contributed by atoms with Gasteiger partial charge in [0.05, 0.1) is 11.9 Å². The summed E-state index contributed by atoms with van der Waals surface area (Å²) in [6.07, 6.45) is 1.49. The number of likely N-dealkylation sites (N-methyl/N-ethyl adjacent to an activating group) is 1.